The number of halogens is 3. The Hall–Kier alpha value is -0.720. The van der Waals surface area contributed by atoms with E-state index < -0.39 is 11.6 Å². The van der Waals surface area contributed by atoms with E-state index in [4.69, 9.17) is 0 Å². The molecule has 1 N–H and O–H groups in total. The molecule has 0 aliphatic carbocycles. The molecule has 1 amide bonds. The smallest absolute Gasteiger partial charge is 0.224 e. The maximum absolute atomic E-state index is 13.1. The van der Waals surface area contributed by atoms with E-state index in [0.717, 1.165) is 16.6 Å². The summed E-state index contributed by atoms with van der Waals surface area (Å²) in [4.78, 5) is 11.2. The van der Waals surface area contributed by atoms with E-state index in [-0.39, 0.29) is 17.9 Å². The van der Waals surface area contributed by atoms with Crippen LogP contribution in [0.2, 0.25) is 0 Å². The summed E-state index contributed by atoms with van der Waals surface area (Å²) in [5.74, 6) is -1.57. The highest BCUT2D eigenvalue weighted by atomic mass is 127. The summed E-state index contributed by atoms with van der Waals surface area (Å²) in [6.07, 6.45) is -0.0528. The van der Waals surface area contributed by atoms with Crippen LogP contribution in [0.1, 0.15) is 5.56 Å². The third-order valence-electron chi connectivity index (χ3n) is 1.78. The zero-order chi connectivity index (χ0) is 11.3. The quantitative estimate of drug-likeness (QED) is 0.666. The zero-order valence-electron chi connectivity index (χ0n) is 7.90. The van der Waals surface area contributed by atoms with E-state index in [9.17, 15) is 13.6 Å². The molecule has 1 aromatic rings. The van der Waals surface area contributed by atoms with E-state index in [1.54, 1.807) is 0 Å². The lowest BCUT2D eigenvalue weighted by Crippen LogP contribution is -2.27. The second-order valence-corrected chi connectivity index (χ2v) is 4.03. The zero-order valence-corrected chi connectivity index (χ0v) is 10.1. The predicted molar refractivity (Wildman–Crippen MR) is 62.0 cm³/mol. The molecule has 0 saturated carbocycles. The normalized spacial score (nSPS) is 10.1. The first-order valence-corrected chi connectivity index (χ1v) is 5.92. The Bertz CT molecular complexity index is 357. The standard InChI is InChI=1S/C10H10F2INO/c11-8-2-1-7(9(12)6-8)5-10(15)14-4-3-13/h1-2,6H,3-5H2,(H,14,15). The number of carbonyl (C=O) groups is 1. The summed E-state index contributed by atoms with van der Waals surface area (Å²) in [5.41, 5.74) is 0.211. The lowest BCUT2D eigenvalue weighted by molar-refractivity contribution is -0.120. The second-order valence-electron chi connectivity index (χ2n) is 2.95. The monoisotopic (exact) mass is 325 g/mol. The summed E-state index contributed by atoms with van der Waals surface area (Å²) in [5, 5.41) is 2.62. The van der Waals surface area contributed by atoms with Crippen molar-refractivity contribution in [3.63, 3.8) is 0 Å². The number of alkyl halides is 1. The van der Waals surface area contributed by atoms with Gasteiger partial charge in [0.1, 0.15) is 11.6 Å². The van der Waals surface area contributed by atoms with E-state index in [0.29, 0.717) is 6.54 Å². The molecule has 0 unspecified atom stereocenters. The highest BCUT2D eigenvalue weighted by Crippen LogP contribution is 2.09. The van der Waals surface area contributed by atoms with Gasteiger partial charge in [-0.15, -0.1) is 0 Å². The van der Waals surface area contributed by atoms with Crippen molar-refractivity contribution in [3.05, 3.63) is 35.4 Å². The van der Waals surface area contributed by atoms with Gasteiger partial charge in [-0.05, 0) is 11.6 Å². The maximum atomic E-state index is 13.1. The summed E-state index contributed by atoms with van der Waals surface area (Å²) in [6.45, 7) is 0.558. The lowest BCUT2D eigenvalue weighted by atomic mass is 10.1. The van der Waals surface area contributed by atoms with Crippen molar-refractivity contribution in [2.75, 3.05) is 11.0 Å². The van der Waals surface area contributed by atoms with Crippen LogP contribution < -0.4 is 5.32 Å². The number of amides is 1. The van der Waals surface area contributed by atoms with E-state index in [1.807, 2.05) is 0 Å². The first-order valence-electron chi connectivity index (χ1n) is 4.40. The molecule has 0 aliphatic heterocycles. The predicted octanol–water partition coefficient (Wildman–Crippen LogP) is 2.06. The van der Waals surface area contributed by atoms with Gasteiger partial charge >= 0.3 is 0 Å². The average Bonchev–Trinajstić information content (AvgIpc) is 2.19. The summed E-state index contributed by atoms with van der Waals surface area (Å²) >= 11 is 2.12. The molecule has 2 nitrogen and oxygen atoms in total. The van der Waals surface area contributed by atoms with Crippen molar-refractivity contribution < 1.29 is 13.6 Å². The van der Waals surface area contributed by atoms with E-state index in [1.165, 1.54) is 6.07 Å². The lowest BCUT2D eigenvalue weighted by Gasteiger charge is -2.04. The van der Waals surface area contributed by atoms with Crippen molar-refractivity contribution in [1.82, 2.24) is 5.32 Å². The highest BCUT2D eigenvalue weighted by molar-refractivity contribution is 14.1. The van der Waals surface area contributed by atoms with Crippen LogP contribution in [-0.4, -0.2) is 16.9 Å². The SMILES string of the molecule is O=C(Cc1ccc(F)cc1F)NCCI. The molecule has 82 valence electrons. The minimum absolute atomic E-state index is 0.0528. The first-order chi connectivity index (χ1) is 7.13. The molecule has 0 heterocycles. The Morgan fingerprint density at radius 3 is 2.73 bits per heavy atom. The van der Waals surface area contributed by atoms with Crippen LogP contribution in [0.15, 0.2) is 18.2 Å². The largest absolute Gasteiger partial charge is 0.355 e. The van der Waals surface area contributed by atoms with Gasteiger partial charge in [0.05, 0.1) is 6.42 Å². The molecule has 0 spiro atoms. The average molecular weight is 325 g/mol. The Balaban J connectivity index is 2.60. The molecule has 0 radical (unpaired) electrons. The fourth-order valence-electron chi connectivity index (χ4n) is 1.09. The Morgan fingerprint density at radius 2 is 2.13 bits per heavy atom. The van der Waals surface area contributed by atoms with Crippen molar-refractivity contribution in [2.45, 2.75) is 6.42 Å². The molecule has 0 aliphatic rings. The summed E-state index contributed by atoms with van der Waals surface area (Å²) in [7, 11) is 0. The van der Waals surface area contributed by atoms with Gasteiger partial charge in [0.15, 0.2) is 0 Å². The maximum Gasteiger partial charge on any atom is 0.224 e. The van der Waals surface area contributed by atoms with Crippen LogP contribution in [0.3, 0.4) is 0 Å². The molecule has 0 atom stereocenters. The molecule has 1 rings (SSSR count). The molecule has 1 aromatic carbocycles. The number of nitrogens with one attached hydrogen (secondary N) is 1. The molecule has 0 bridgehead atoms. The molecule has 15 heavy (non-hydrogen) atoms. The van der Waals surface area contributed by atoms with Crippen molar-refractivity contribution in [1.29, 1.82) is 0 Å². The van der Waals surface area contributed by atoms with Gasteiger partial charge in [-0.1, -0.05) is 28.7 Å². The molecule has 0 saturated heterocycles. The van der Waals surface area contributed by atoms with Gasteiger partial charge in [0.25, 0.3) is 0 Å². The highest BCUT2D eigenvalue weighted by Gasteiger charge is 2.08. The number of rotatable bonds is 4. The molecule has 5 heteroatoms. The molecule has 0 fully saturated rings. The Kier molecular flexibility index (Phi) is 4.93. The van der Waals surface area contributed by atoms with Gasteiger partial charge in [-0.3, -0.25) is 4.79 Å². The van der Waals surface area contributed by atoms with Crippen LogP contribution in [0.25, 0.3) is 0 Å². The minimum Gasteiger partial charge on any atom is -0.355 e. The van der Waals surface area contributed by atoms with Crippen molar-refractivity contribution in [2.24, 2.45) is 0 Å². The van der Waals surface area contributed by atoms with Gasteiger partial charge < -0.3 is 5.32 Å². The third-order valence-corrected chi connectivity index (χ3v) is 2.32. The van der Waals surface area contributed by atoms with Crippen molar-refractivity contribution >= 4 is 28.5 Å². The number of benzene rings is 1. The Morgan fingerprint density at radius 1 is 1.40 bits per heavy atom. The van der Waals surface area contributed by atoms with Gasteiger partial charge in [0.2, 0.25) is 5.91 Å². The minimum atomic E-state index is -0.681. The number of carbonyl (C=O) groups excluding carboxylic acids is 1. The topological polar surface area (TPSA) is 29.1 Å². The molecular formula is C10H10F2INO. The van der Waals surface area contributed by atoms with Crippen LogP contribution in [0, 0.1) is 11.6 Å². The Labute approximate surface area is 100 Å². The van der Waals surface area contributed by atoms with Crippen LogP contribution in [0.4, 0.5) is 8.78 Å². The van der Waals surface area contributed by atoms with Crippen molar-refractivity contribution in [3.8, 4) is 0 Å². The van der Waals surface area contributed by atoms with Crippen LogP contribution in [-0.2, 0) is 11.2 Å². The van der Waals surface area contributed by atoms with Gasteiger partial charge in [0, 0.05) is 17.0 Å². The van der Waals surface area contributed by atoms with E-state index >= 15 is 0 Å². The fourth-order valence-corrected chi connectivity index (χ4v) is 1.36. The third kappa shape index (κ3) is 4.11. The number of hydrogen-bond donors (Lipinski definition) is 1. The van der Waals surface area contributed by atoms with Gasteiger partial charge in [-0.2, -0.15) is 0 Å². The van der Waals surface area contributed by atoms with Gasteiger partial charge in [-0.25, -0.2) is 8.78 Å². The molecular weight excluding hydrogens is 315 g/mol. The summed E-state index contributed by atoms with van der Waals surface area (Å²) in [6, 6.07) is 3.21. The summed E-state index contributed by atoms with van der Waals surface area (Å²) < 4.78 is 26.5. The second kappa shape index (κ2) is 5.99. The van der Waals surface area contributed by atoms with Crippen LogP contribution in [0.5, 0.6) is 0 Å². The van der Waals surface area contributed by atoms with Crippen LogP contribution >= 0.6 is 22.6 Å². The first kappa shape index (κ1) is 12.4. The fraction of sp³-hybridized carbons (Fsp3) is 0.300. The van der Waals surface area contributed by atoms with E-state index in [2.05, 4.69) is 27.9 Å². The number of hydrogen-bond acceptors (Lipinski definition) is 1. The molecule has 0 aromatic heterocycles.